The summed E-state index contributed by atoms with van der Waals surface area (Å²) in [5, 5.41) is 3.25. The predicted octanol–water partition coefficient (Wildman–Crippen LogP) is 1.52. The second kappa shape index (κ2) is 8.82. The number of likely N-dealkylation sites (tertiary alicyclic amines) is 1. The Hall–Kier alpha value is -1.89. The van der Waals surface area contributed by atoms with E-state index < -0.39 is 0 Å². The largest absolute Gasteiger partial charge is 0.378 e. The van der Waals surface area contributed by atoms with Gasteiger partial charge in [0.2, 0.25) is 5.91 Å². The average molecular weight is 333 g/mol. The molecule has 0 bridgehead atoms. The molecule has 2 aliphatic heterocycles. The minimum Gasteiger partial charge on any atom is -0.378 e. The summed E-state index contributed by atoms with van der Waals surface area (Å²) < 4.78 is 5.37. The smallest absolute Gasteiger partial charge is 0.224 e. The Labute approximate surface area is 143 Å². The summed E-state index contributed by atoms with van der Waals surface area (Å²) in [5.74, 6) is 1.93. The van der Waals surface area contributed by atoms with Gasteiger partial charge in [-0.1, -0.05) is 12.8 Å². The van der Waals surface area contributed by atoms with Crippen molar-refractivity contribution in [3.05, 3.63) is 12.4 Å². The standard InChI is InChI=1S/C17H27N5O2/c23-17(22-7-3-1-2-4-8-22)5-6-18-15-13-16(20-14-19-15)21-9-11-24-12-10-21/h13-14H,1-12H2,(H,18,19,20). The Balaban J connectivity index is 1.46. The number of nitrogens with zero attached hydrogens (tertiary/aromatic N) is 4. The summed E-state index contributed by atoms with van der Waals surface area (Å²) in [6.07, 6.45) is 6.84. The average Bonchev–Trinajstić information content (AvgIpc) is 2.92. The lowest BCUT2D eigenvalue weighted by Gasteiger charge is -2.27. The van der Waals surface area contributed by atoms with Crippen molar-refractivity contribution >= 4 is 17.5 Å². The predicted molar refractivity (Wildman–Crippen MR) is 93.2 cm³/mol. The first-order valence-corrected chi connectivity index (χ1v) is 8.99. The number of ether oxygens (including phenoxy) is 1. The Morgan fingerprint density at radius 1 is 1.08 bits per heavy atom. The van der Waals surface area contributed by atoms with Crippen LogP contribution in [0.3, 0.4) is 0 Å². The summed E-state index contributed by atoms with van der Waals surface area (Å²) in [7, 11) is 0. The summed E-state index contributed by atoms with van der Waals surface area (Å²) in [6.45, 7) is 5.60. The van der Waals surface area contributed by atoms with E-state index in [4.69, 9.17) is 4.74 Å². The first kappa shape index (κ1) is 17.0. The zero-order chi connectivity index (χ0) is 16.6. The molecule has 0 aromatic carbocycles. The van der Waals surface area contributed by atoms with Crippen LogP contribution in [0.2, 0.25) is 0 Å². The molecule has 1 N–H and O–H groups in total. The first-order chi connectivity index (χ1) is 11.8. The topological polar surface area (TPSA) is 70.6 Å². The van der Waals surface area contributed by atoms with Crippen molar-refractivity contribution in [2.24, 2.45) is 0 Å². The number of hydrogen-bond acceptors (Lipinski definition) is 6. The number of rotatable bonds is 5. The van der Waals surface area contributed by atoms with Gasteiger partial charge >= 0.3 is 0 Å². The van der Waals surface area contributed by atoms with Gasteiger partial charge in [0, 0.05) is 45.2 Å². The highest BCUT2D eigenvalue weighted by Crippen LogP contribution is 2.15. The van der Waals surface area contributed by atoms with E-state index in [1.807, 2.05) is 11.0 Å². The van der Waals surface area contributed by atoms with Crippen LogP contribution in [0, 0.1) is 0 Å². The lowest BCUT2D eigenvalue weighted by atomic mass is 10.2. The molecule has 0 aliphatic carbocycles. The summed E-state index contributed by atoms with van der Waals surface area (Å²) in [6, 6.07) is 1.95. The van der Waals surface area contributed by atoms with Gasteiger partial charge in [-0.25, -0.2) is 9.97 Å². The third-order valence-electron chi connectivity index (χ3n) is 4.59. The van der Waals surface area contributed by atoms with Gasteiger partial charge in [0.1, 0.15) is 18.0 Å². The summed E-state index contributed by atoms with van der Waals surface area (Å²) >= 11 is 0. The van der Waals surface area contributed by atoms with Crippen molar-refractivity contribution in [1.82, 2.24) is 14.9 Å². The fourth-order valence-corrected chi connectivity index (χ4v) is 3.18. The molecule has 7 heteroatoms. The van der Waals surface area contributed by atoms with Crippen LogP contribution in [-0.2, 0) is 9.53 Å². The Morgan fingerprint density at radius 3 is 2.58 bits per heavy atom. The normalized spacial score (nSPS) is 19.0. The fraction of sp³-hybridized carbons (Fsp3) is 0.706. The van der Waals surface area contributed by atoms with Gasteiger partial charge in [-0.2, -0.15) is 0 Å². The van der Waals surface area contributed by atoms with Gasteiger partial charge in [-0.15, -0.1) is 0 Å². The quantitative estimate of drug-likeness (QED) is 0.881. The van der Waals surface area contributed by atoms with Crippen LogP contribution in [0.4, 0.5) is 11.6 Å². The van der Waals surface area contributed by atoms with Gasteiger partial charge in [-0.3, -0.25) is 4.79 Å². The van der Waals surface area contributed by atoms with Gasteiger partial charge in [0.15, 0.2) is 0 Å². The number of aromatic nitrogens is 2. The van der Waals surface area contributed by atoms with Crippen molar-refractivity contribution in [3.63, 3.8) is 0 Å². The van der Waals surface area contributed by atoms with Crippen LogP contribution < -0.4 is 10.2 Å². The molecule has 0 atom stereocenters. The molecule has 1 aromatic heterocycles. The molecule has 2 aliphatic rings. The maximum absolute atomic E-state index is 12.3. The molecule has 2 fully saturated rings. The van der Waals surface area contributed by atoms with E-state index in [0.29, 0.717) is 13.0 Å². The molecule has 0 saturated carbocycles. The van der Waals surface area contributed by atoms with E-state index in [9.17, 15) is 4.79 Å². The second-order valence-electron chi connectivity index (χ2n) is 6.33. The molecule has 0 spiro atoms. The molecule has 0 unspecified atom stereocenters. The number of carbonyl (C=O) groups excluding carboxylic acids is 1. The third kappa shape index (κ3) is 4.80. The lowest BCUT2D eigenvalue weighted by molar-refractivity contribution is -0.130. The first-order valence-electron chi connectivity index (χ1n) is 8.99. The number of nitrogens with one attached hydrogen (secondary N) is 1. The number of amides is 1. The van der Waals surface area contributed by atoms with Gasteiger partial charge < -0.3 is 19.9 Å². The molecule has 0 radical (unpaired) electrons. The molecule has 7 nitrogen and oxygen atoms in total. The van der Waals surface area contributed by atoms with E-state index in [1.165, 1.54) is 12.8 Å². The van der Waals surface area contributed by atoms with Crippen molar-refractivity contribution < 1.29 is 9.53 Å². The molecule has 3 rings (SSSR count). The van der Waals surface area contributed by atoms with Gasteiger partial charge in [0.25, 0.3) is 0 Å². The monoisotopic (exact) mass is 333 g/mol. The van der Waals surface area contributed by atoms with E-state index in [2.05, 4.69) is 20.2 Å². The van der Waals surface area contributed by atoms with Crippen molar-refractivity contribution in [1.29, 1.82) is 0 Å². The van der Waals surface area contributed by atoms with Crippen LogP contribution in [0.1, 0.15) is 32.1 Å². The molecule has 1 aromatic rings. The van der Waals surface area contributed by atoms with E-state index >= 15 is 0 Å². The second-order valence-corrected chi connectivity index (χ2v) is 6.33. The van der Waals surface area contributed by atoms with Crippen molar-refractivity contribution in [2.45, 2.75) is 32.1 Å². The van der Waals surface area contributed by atoms with Crippen LogP contribution in [0.5, 0.6) is 0 Å². The third-order valence-corrected chi connectivity index (χ3v) is 4.59. The van der Waals surface area contributed by atoms with Gasteiger partial charge in [-0.05, 0) is 12.8 Å². The summed E-state index contributed by atoms with van der Waals surface area (Å²) in [5.41, 5.74) is 0. The Bertz CT molecular complexity index is 525. The SMILES string of the molecule is O=C(CCNc1cc(N2CCOCC2)ncn1)N1CCCCCC1. The lowest BCUT2D eigenvalue weighted by Crippen LogP contribution is -2.36. The fourth-order valence-electron chi connectivity index (χ4n) is 3.18. The van der Waals surface area contributed by atoms with E-state index in [0.717, 1.165) is 63.9 Å². The zero-order valence-corrected chi connectivity index (χ0v) is 14.2. The molecule has 24 heavy (non-hydrogen) atoms. The molecular weight excluding hydrogens is 306 g/mol. The number of carbonyl (C=O) groups is 1. The maximum Gasteiger partial charge on any atom is 0.224 e. The number of hydrogen-bond donors (Lipinski definition) is 1. The maximum atomic E-state index is 12.3. The Kier molecular flexibility index (Phi) is 6.23. The molecule has 3 heterocycles. The number of morpholine rings is 1. The van der Waals surface area contributed by atoms with Crippen LogP contribution >= 0.6 is 0 Å². The highest BCUT2D eigenvalue weighted by Gasteiger charge is 2.15. The Morgan fingerprint density at radius 2 is 1.83 bits per heavy atom. The van der Waals surface area contributed by atoms with E-state index in [-0.39, 0.29) is 5.91 Å². The van der Waals surface area contributed by atoms with Crippen molar-refractivity contribution in [3.8, 4) is 0 Å². The zero-order valence-electron chi connectivity index (χ0n) is 14.2. The van der Waals surface area contributed by atoms with Crippen LogP contribution in [-0.4, -0.2) is 66.7 Å². The summed E-state index contributed by atoms with van der Waals surface area (Å²) in [4.78, 5) is 25.1. The highest BCUT2D eigenvalue weighted by atomic mass is 16.5. The van der Waals surface area contributed by atoms with Crippen LogP contribution in [0.25, 0.3) is 0 Å². The minimum absolute atomic E-state index is 0.242. The minimum atomic E-state index is 0.242. The van der Waals surface area contributed by atoms with E-state index in [1.54, 1.807) is 6.33 Å². The van der Waals surface area contributed by atoms with Gasteiger partial charge in [0.05, 0.1) is 13.2 Å². The molecule has 2 saturated heterocycles. The van der Waals surface area contributed by atoms with Crippen molar-refractivity contribution in [2.75, 3.05) is 56.2 Å². The highest BCUT2D eigenvalue weighted by molar-refractivity contribution is 5.76. The number of anilines is 2. The molecule has 1 amide bonds. The molecular formula is C17H27N5O2. The van der Waals surface area contributed by atoms with Crippen LogP contribution in [0.15, 0.2) is 12.4 Å². The molecule has 132 valence electrons.